The van der Waals surface area contributed by atoms with Crippen molar-refractivity contribution in [1.29, 1.82) is 0 Å². The molecule has 0 spiro atoms. The second kappa shape index (κ2) is 20.3. The van der Waals surface area contributed by atoms with Gasteiger partial charge in [-0.1, -0.05) is 60.7 Å². The Kier molecular flexibility index (Phi) is 14.7. The largest absolute Gasteiger partial charge is 0.496 e. The first-order valence-electron chi connectivity index (χ1n) is 18.4. The standard InChI is InChI=1S/C22H24N2O5.C12H13NO4.C10H11NO/c1-14-9-17-16(12-23-18(17)11-20(14)27-2)10-19(21(25)28-3)24-22(26)29-13-15-7-5-4-6-8-15;1-16-11(14)10-7-13(10)12(15)17-8-9-5-3-2-4-6-9;1-7-5-8-3-4-11-9(8)6-10(7)12-2/h4-9,11-12,19,23H,10,13H2,1-3H3,(H,24,26);2-6,10H,7-8H2,1H3;3-6,11H,1-2H3/t19-;10-,13?;/m10./s1. The second-order valence-corrected chi connectivity index (χ2v) is 13.3. The lowest BCUT2D eigenvalue weighted by Gasteiger charge is -2.16. The van der Waals surface area contributed by atoms with Crippen LogP contribution in [-0.4, -0.2) is 86.1 Å². The molecule has 58 heavy (non-hydrogen) atoms. The Morgan fingerprint density at radius 1 is 0.741 bits per heavy atom. The van der Waals surface area contributed by atoms with Crippen molar-refractivity contribution in [2.45, 2.75) is 45.6 Å². The molecule has 14 nitrogen and oxygen atoms in total. The van der Waals surface area contributed by atoms with E-state index in [1.807, 2.05) is 105 Å². The number of benzene rings is 4. The zero-order valence-electron chi connectivity index (χ0n) is 33.3. The number of carbonyl (C=O) groups excluding carboxylic acids is 4. The highest BCUT2D eigenvalue weighted by Gasteiger charge is 2.46. The summed E-state index contributed by atoms with van der Waals surface area (Å²) >= 11 is 0. The van der Waals surface area contributed by atoms with Gasteiger partial charge in [0, 0.05) is 47.4 Å². The maximum absolute atomic E-state index is 12.2. The minimum atomic E-state index is -0.871. The van der Waals surface area contributed by atoms with E-state index in [0.717, 1.165) is 50.2 Å². The average molecular weight is 793 g/mol. The highest BCUT2D eigenvalue weighted by atomic mass is 16.6. The number of nitrogens with zero attached hydrogens (tertiary/aromatic N) is 1. The Morgan fingerprint density at radius 2 is 1.34 bits per heavy atom. The zero-order chi connectivity index (χ0) is 41.6. The van der Waals surface area contributed by atoms with E-state index in [1.54, 1.807) is 14.2 Å². The summed E-state index contributed by atoms with van der Waals surface area (Å²) < 4.78 is 30.2. The predicted octanol–water partition coefficient (Wildman–Crippen LogP) is 7.16. The van der Waals surface area contributed by atoms with Crippen LogP contribution in [0.2, 0.25) is 0 Å². The Bertz CT molecular complexity index is 2310. The molecule has 0 unspecified atom stereocenters. The van der Waals surface area contributed by atoms with Gasteiger partial charge in [0.1, 0.15) is 30.8 Å². The summed E-state index contributed by atoms with van der Waals surface area (Å²) in [4.78, 5) is 54.7. The third-order valence-corrected chi connectivity index (χ3v) is 9.29. The Hall–Kier alpha value is -6.96. The Balaban J connectivity index is 0.000000185. The van der Waals surface area contributed by atoms with Crippen LogP contribution >= 0.6 is 0 Å². The van der Waals surface area contributed by atoms with E-state index in [1.165, 1.54) is 30.1 Å². The number of hydrogen-bond donors (Lipinski definition) is 3. The number of fused-ring (bicyclic) bond motifs is 2. The fourth-order valence-electron chi connectivity index (χ4n) is 6.06. The molecule has 0 aliphatic carbocycles. The summed E-state index contributed by atoms with van der Waals surface area (Å²) in [6.07, 6.45) is 2.85. The molecule has 14 heteroatoms. The molecule has 2 amide bonds. The van der Waals surface area contributed by atoms with Crippen LogP contribution in [0.5, 0.6) is 11.5 Å². The average Bonchev–Trinajstić information content (AvgIpc) is 3.78. The monoisotopic (exact) mass is 792 g/mol. The SMILES string of the molecule is COC(=O)[C@@H](Cc1c[nH]c2cc(OC)c(C)cc12)NC(=O)OCc1ccccc1.COC(=O)[C@@H]1CN1C(=O)OCc1ccccc1.COc1cc2[nH]ccc2cc1C. The summed E-state index contributed by atoms with van der Waals surface area (Å²) in [5.74, 6) is 0.769. The quantitative estimate of drug-likeness (QED) is 0.0695. The molecular weight excluding hydrogens is 745 g/mol. The minimum Gasteiger partial charge on any atom is -0.496 e. The number of esters is 2. The van der Waals surface area contributed by atoms with Crippen LogP contribution in [0.1, 0.15) is 27.8 Å². The molecule has 1 aliphatic heterocycles. The van der Waals surface area contributed by atoms with E-state index in [9.17, 15) is 19.2 Å². The van der Waals surface area contributed by atoms with Crippen molar-refractivity contribution in [3.63, 3.8) is 0 Å². The highest BCUT2D eigenvalue weighted by molar-refractivity contribution is 5.88. The number of aromatic amines is 2. The summed E-state index contributed by atoms with van der Waals surface area (Å²) in [5, 5.41) is 4.79. The van der Waals surface area contributed by atoms with Crippen molar-refractivity contribution in [3.8, 4) is 11.5 Å². The zero-order valence-corrected chi connectivity index (χ0v) is 33.3. The van der Waals surface area contributed by atoms with Gasteiger partial charge in [-0.2, -0.15) is 0 Å². The molecule has 2 aromatic heterocycles. The molecule has 1 fully saturated rings. The van der Waals surface area contributed by atoms with Gasteiger partial charge in [-0.3, -0.25) is 4.90 Å². The number of nitrogens with one attached hydrogen (secondary N) is 3. The highest BCUT2D eigenvalue weighted by Crippen LogP contribution is 2.28. The second-order valence-electron chi connectivity index (χ2n) is 13.3. The number of ether oxygens (including phenoxy) is 6. The molecular formula is C44H48N4O10. The number of hydrogen-bond acceptors (Lipinski definition) is 10. The van der Waals surface area contributed by atoms with E-state index < -0.39 is 36.2 Å². The molecule has 3 N–H and O–H groups in total. The topological polar surface area (TPSA) is 170 Å². The number of aryl methyl sites for hydroxylation is 2. The van der Waals surface area contributed by atoms with Crippen molar-refractivity contribution >= 4 is 45.9 Å². The first-order valence-corrected chi connectivity index (χ1v) is 18.4. The van der Waals surface area contributed by atoms with Gasteiger partial charge in [0.2, 0.25) is 0 Å². The van der Waals surface area contributed by atoms with Gasteiger partial charge in [0.15, 0.2) is 6.04 Å². The number of rotatable bonds is 11. The molecule has 3 heterocycles. The molecule has 0 radical (unpaired) electrons. The molecule has 2 atom stereocenters. The first-order chi connectivity index (χ1) is 28.0. The van der Waals surface area contributed by atoms with Gasteiger partial charge < -0.3 is 43.7 Å². The number of alkyl carbamates (subject to hydrolysis) is 1. The lowest BCUT2D eigenvalue weighted by molar-refractivity contribution is -0.143. The summed E-state index contributed by atoms with van der Waals surface area (Å²) in [5.41, 5.74) is 6.81. The maximum Gasteiger partial charge on any atom is 0.411 e. The molecule has 304 valence electrons. The van der Waals surface area contributed by atoms with Gasteiger partial charge >= 0.3 is 24.1 Å². The fourth-order valence-corrected chi connectivity index (χ4v) is 6.06. The van der Waals surface area contributed by atoms with Crippen LogP contribution in [-0.2, 0) is 48.2 Å². The van der Waals surface area contributed by atoms with E-state index in [-0.39, 0.29) is 19.6 Å². The summed E-state index contributed by atoms with van der Waals surface area (Å²) in [7, 11) is 5.90. The molecule has 1 saturated heterocycles. The van der Waals surface area contributed by atoms with Crippen molar-refractivity contribution in [1.82, 2.24) is 20.2 Å². The molecule has 6 aromatic rings. The Labute approximate surface area is 336 Å². The van der Waals surface area contributed by atoms with Gasteiger partial charge in [-0.15, -0.1) is 0 Å². The minimum absolute atomic E-state index is 0.118. The molecule has 0 saturated carbocycles. The maximum atomic E-state index is 12.2. The summed E-state index contributed by atoms with van der Waals surface area (Å²) in [6, 6.07) is 27.4. The van der Waals surface area contributed by atoms with Crippen LogP contribution in [0, 0.1) is 13.8 Å². The van der Waals surface area contributed by atoms with Gasteiger partial charge in [0.25, 0.3) is 0 Å². The van der Waals surface area contributed by atoms with E-state index >= 15 is 0 Å². The van der Waals surface area contributed by atoms with Crippen molar-refractivity contribution < 1.29 is 47.6 Å². The molecule has 0 bridgehead atoms. The third kappa shape index (κ3) is 11.3. The van der Waals surface area contributed by atoms with Gasteiger partial charge in [-0.05, 0) is 65.3 Å². The smallest absolute Gasteiger partial charge is 0.411 e. The van der Waals surface area contributed by atoms with E-state index in [2.05, 4.69) is 32.2 Å². The normalized spacial score (nSPS) is 13.1. The number of carbonyl (C=O) groups is 4. The van der Waals surface area contributed by atoms with E-state index in [4.69, 9.17) is 23.7 Å². The van der Waals surface area contributed by atoms with Crippen LogP contribution in [0.3, 0.4) is 0 Å². The van der Waals surface area contributed by atoms with Crippen molar-refractivity contribution in [3.05, 3.63) is 131 Å². The third-order valence-electron chi connectivity index (χ3n) is 9.29. The number of H-pyrrole nitrogens is 2. The lowest BCUT2D eigenvalue weighted by Crippen LogP contribution is -2.43. The van der Waals surface area contributed by atoms with Crippen LogP contribution < -0.4 is 14.8 Å². The van der Waals surface area contributed by atoms with Crippen molar-refractivity contribution in [2.24, 2.45) is 0 Å². The van der Waals surface area contributed by atoms with E-state index in [0.29, 0.717) is 6.54 Å². The number of amides is 2. The van der Waals surface area contributed by atoms with Crippen molar-refractivity contribution in [2.75, 3.05) is 35.0 Å². The molecule has 4 aromatic carbocycles. The molecule has 7 rings (SSSR count). The predicted molar refractivity (Wildman–Crippen MR) is 218 cm³/mol. The van der Waals surface area contributed by atoms with Crippen LogP contribution in [0.15, 0.2) is 103 Å². The van der Waals surface area contributed by atoms with Crippen LogP contribution in [0.25, 0.3) is 21.8 Å². The first kappa shape index (κ1) is 42.2. The lowest BCUT2D eigenvalue weighted by atomic mass is 10.0. The number of aromatic nitrogens is 2. The summed E-state index contributed by atoms with van der Waals surface area (Å²) in [6.45, 7) is 4.70. The fraction of sp³-hybridized carbons (Fsp3) is 0.273. The number of methoxy groups -OCH3 is 4. The van der Waals surface area contributed by atoms with Gasteiger partial charge in [-0.25, -0.2) is 19.2 Å². The molecule has 1 aliphatic rings. The van der Waals surface area contributed by atoms with Crippen LogP contribution in [0.4, 0.5) is 9.59 Å². The Morgan fingerprint density at radius 3 is 1.95 bits per heavy atom. The van der Waals surface area contributed by atoms with Gasteiger partial charge in [0.05, 0.1) is 35.0 Å².